The van der Waals surface area contributed by atoms with Gasteiger partial charge in [0.05, 0.1) is 4.90 Å². The van der Waals surface area contributed by atoms with Crippen molar-refractivity contribution >= 4 is 16.1 Å². The van der Waals surface area contributed by atoms with Crippen LogP contribution in [0.3, 0.4) is 0 Å². The third kappa shape index (κ3) is 4.66. The van der Waals surface area contributed by atoms with E-state index in [4.69, 9.17) is 0 Å². The predicted molar refractivity (Wildman–Crippen MR) is 121 cm³/mol. The minimum Gasteiger partial charge on any atom is -0.320 e. The first-order chi connectivity index (χ1) is 15.3. The maximum atomic E-state index is 13.1. The number of sulfonamides is 1. The number of nitrogens with zero attached hydrogens (tertiary/aromatic N) is 3. The van der Waals surface area contributed by atoms with Gasteiger partial charge in [0.15, 0.2) is 0 Å². The summed E-state index contributed by atoms with van der Waals surface area (Å²) in [5.74, 6) is 0.0591. The summed E-state index contributed by atoms with van der Waals surface area (Å²) in [6, 6.07) is 13.3. The van der Waals surface area contributed by atoms with Gasteiger partial charge < -0.3 is 9.80 Å². The molecule has 2 saturated heterocycles. The summed E-state index contributed by atoms with van der Waals surface area (Å²) in [4.78, 5) is 16.9. The zero-order valence-electron chi connectivity index (χ0n) is 18.6. The summed E-state index contributed by atoms with van der Waals surface area (Å²) in [6.07, 6.45) is 1.25. The van der Waals surface area contributed by atoms with E-state index in [1.54, 1.807) is 29.2 Å². The molecular weight excluding hydrogens is 429 g/mol. The molecule has 2 aromatic carbocycles. The Bertz CT molecular complexity index is 1050. The molecule has 0 atom stereocenters. The Morgan fingerprint density at radius 2 is 1.56 bits per heavy atom. The van der Waals surface area contributed by atoms with Gasteiger partial charge in [-0.05, 0) is 54.2 Å². The SMILES string of the molecule is CC(C)c1ccc(S(=O)(=O)N2CCC(N3CCN(Cc4ccc(F)cc4)C3=O)CC2)cc1. The molecule has 8 heteroatoms. The van der Waals surface area contributed by atoms with Crippen LogP contribution in [0.25, 0.3) is 0 Å². The van der Waals surface area contributed by atoms with E-state index in [1.807, 2.05) is 17.0 Å². The number of carbonyl (C=O) groups is 1. The van der Waals surface area contributed by atoms with Gasteiger partial charge in [-0.25, -0.2) is 17.6 Å². The monoisotopic (exact) mass is 459 g/mol. The molecule has 0 N–H and O–H groups in total. The Morgan fingerprint density at radius 3 is 2.16 bits per heavy atom. The van der Waals surface area contributed by atoms with Gasteiger partial charge in [0.1, 0.15) is 5.82 Å². The number of benzene rings is 2. The third-order valence-electron chi connectivity index (χ3n) is 6.46. The molecule has 172 valence electrons. The minimum atomic E-state index is -3.53. The van der Waals surface area contributed by atoms with Crippen LogP contribution >= 0.6 is 0 Å². The van der Waals surface area contributed by atoms with Crippen molar-refractivity contribution in [3.8, 4) is 0 Å². The Labute approximate surface area is 189 Å². The van der Waals surface area contributed by atoms with Crippen molar-refractivity contribution in [2.24, 2.45) is 0 Å². The fourth-order valence-corrected chi connectivity index (χ4v) is 5.93. The van der Waals surface area contributed by atoms with E-state index < -0.39 is 10.0 Å². The Hall–Kier alpha value is -2.45. The lowest BCUT2D eigenvalue weighted by Crippen LogP contribution is -2.47. The van der Waals surface area contributed by atoms with E-state index in [0.29, 0.717) is 56.4 Å². The Morgan fingerprint density at radius 1 is 0.938 bits per heavy atom. The van der Waals surface area contributed by atoms with E-state index in [-0.39, 0.29) is 17.9 Å². The van der Waals surface area contributed by atoms with Crippen molar-refractivity contribution in [3.05, 3.63) is 65.5 Å². The second-order valence-corrected chi connectivity index (χ2v) is 10.8. The van der Waals surface area contributed by atoms with Crippen molar-refractivity contribution in [2.45, 2.75) is 50.1 Å². The van der Waals surface area contributed by atoms with E-state index in [0.717, 1.165) is 11.1 Å². The molecule has 0 aliphatic carbocycles. The summed E-state index contributed by atoms with van der Waals surface area (Å²) in [6.45, 7) is 6.67. The highest BCUT2D eigenvalue weighted by Gasteiger charge is 2.37. The van der Waals surface area contributed by atoms with Gasteiger partial charge in [-0.2, -0.15) is 4.31 Å². The molecule has 0 unspecified atom stereocenters. The average Bonchev–Trinajstić information content (AvgIpc) is 3.15. The van der Waals surface area contributed by atoms with Crippen LogP contribution in [0.5, 0.6) is 0 Å². The molecule has 2 fully saturated rings. The molecule has 2 amide bonds. The molecule has 2 aliphatic heterocycles. The molecule has 0 radical (unpaired) electrons. The zero-order valence-corrected chi connectivity index (χ0v) is 19.4. The van der Waals surface area contributed by atoms with Gasteiger partial charge in [0.25, 0.3) is 0 Å². The topological polar surface area (TPSA) is 60.9 Å². The lowest BCUT2D eigenvalue weighted by Gasteiger charge is -2.36. The first-order valence-electron chi connectivity index (χ1n) is 11.2. The summed E-state index contributed by atoms with van der Waals surface area (Å²) < 4.78 is 40.8. The number of hydrogen-bond donors (Lipinski definition) is 0. The standard InChI is InChI=1S/C24H30FN3O3S/c1-18(2)20-5-9-23(10-6-20)32(30,31)27-13-11-22(12-14-27)28-16-15-26(24(28)29)17-19-3-7-21(25)8-4-19/h3-10,18,22H,11-17H2,1-2H3. The summed E-state index contributed by atoms with van der Waals surface area (Å²) in [5.41, 5.74) is 2.01. The van der Waals surface area contributed by atoms with Crippen LogP contribution in [0, 0.1) is 5.82 Å². The first kappa shape index (κ1) is 22.7. The van der Waals surface area contributed by atoms with Crippen LogP contribution < -0.4 is 0 Å². The number of rotatable bonds is 6. The van der Waals surface area contributed by atoms with Gasteiger partial charge in [-0.1, -0.05) is 38.1 Å². The second kappa shape index (κ2) is 9.19. The number of halogens is 1. The second-order valence-electron chi connectivity index (χ2n) is 8.88. The zero-order chi connectivity index (χ0) is 22.9. The van der Waals surface area contributed by atoms with Gasteiger partial charge in [-0.15, -0.1) is 0 Å². The van der Waals surface area contributed by atoms with Gasteiger partial charge in [-0.3, -0.25) is 0 Å². The third-order valence-corrected chi connectivity index (χ3v) is 8.38. The molecule has 4 rings (SSSR count). The highest BCUT2D eigenvalue weighted by molar-refractivity contribution is 7.89. The molecule has 2 heterocycles. The first-order valence-corrected chi connectivity index (χ1v) is 12.6. The van der Waals surface area contributed by atoms with E-state index in [2.05, 4.69) is 13.8 Å². The summed E-state index contributed by atoms with van der Waals surface area (Å²) >= 11 is 0. The molecular formula is C24H30FN3O3S. The normalized spacial score (nSPS) is 18.7. The van der Waals surface area contributed by atoms with Crippen molar-refractivity contribution in [1.82, 2.24) is 14.1 Å². The maximum Gasteiger partial charge on any atom is 0.320 e. The van der Waals surface area contributed by atoms with Gasteiger partial charge >= 0.3 is 6.03 Å². The summed E-state index contributed by atoms with van der Waals surface area (Å²) in [7, 11) is -3.53. The largest absolute Gasteiger partial charge is 0.320 e. The van der Waals surface area contributed by atoms with Crippen molar-refractivity contribution in [2.75, 3.05) is 26.2 Å². The van der Waals surface area contributed by atoms with Crippen molar-refractivity contribution in [3.63, 3.8) is 0 Å². The molecule has 32 heavy (non-hydrogen) atoms. The van der Waals surface area contributed by atoms with Crippen molar-refractivity contribution < 1.29 is 17.6 Å². The Balaban J connectivity index is 1.35. The fourth-order valence-electron chi connectivity index (χ4n) is 4.46. The van der Waals surface area contributed by atoms with Crippen LogP contribution in [0.15, 0.2) is 53.4 Å². The predicted octanol–water partition coefficient (Wildman–Crippen LogP) is 4.04. The molecule has 0 spiro atoms. The molecule has 2 aromatic rings. The number of urea groups is 1. The van der Waals surface area contributed by atoms with E-state index >= 15 is 0 Å². The van der Waals surface area contributed by atoms with E-state index in [9.17, 15) is 17.6 Å². The number of hydrogen-bond acceptors (Lipinski definition) is 3. The quantitative estimate of drug-likeness (QED) is 0.655. The fraction of sp³-hybridized carbons (Fsp3) is 0.458. The summed E-state index contributed by atoms with van der Waals surface area (Å²) in [5, 5.41) is 0. The smallest absolute Gasteiger partial charge is 0.320 e. The van der Waals surface area contributed by atoms with Crippen LogP contribution in [-0.2, 0) is 16.6 Å². The molecule has 0 bridgehead atoms. The Kier molecular flexibility index (Phi) is 6.53. The molecule has 2 aliphatic rings. The molecule has 6 nitrogen and oxygen atoms in total. The maximum absolute atomic E-state index is 13.1. The number of amides is 2. The van der Waals surface area contributed by atoms with Crippen LogP contribution in [0.1, 0.15) is 43.7 Å². The minimum absolute atomic E-state index is 0.0279. The molecule has 0 saturated carbocycles. The number of piperidine rings is 1. The van der Waals surface area contributed by atoms with Crippen molar-refractivity contribution in [1.29, 1.82) is 0 Å². The van der Waals surface area contributed by atoms with Crippen LogP contribution in [-0.4, -0.2) is 60.8 Å². The average molecular weight is 460 g/mol. The van der Waals surface area contributed by atoms with Crippen LogP contribution in [0.2, 0.25) is 0 Å². The number of carbonyl (C=O) groups excluding carboxylic acids is 1. The molecule has 0 aromatic heterocycles. The lowest BCUT2D eigenvalue weighted by atomic mass is 10.0. The highest BCUT2D eigenvalue weighted by atomic mass is 32.2. The lowest BCUT2D eigenvalue weighted by molar-refractivity contribution is 0.153. The highest BCUT2D eigenvalue weighted by Crippen LogP contribution is 2.27. The van der Waals surface area contributed by atoms with Crippen LogP contribution in [0.4, 0.5) is 9.18 Å². The van der Waals surface area contributed by atoms with Gasteiger partial charge in [0, 0.05) is 38.8 Å². The van der Waals surface area contributed by atoms with E-state index in [1.165, 1.54) is 16.4 Å². The van der Waals surface area contributed by atoms with Gasteiger partial charge in [0.2, 0.25) is 10.0 Å².